The summed E-state index contributed by atoms with van der Waals surface area (Å²) in [6, 6.07) is 0. The number of cyclic esters (lactones) is 1. The minimum atomic E-state index is -0.305. The number of esters is 1. The monoisotopic (exact) mass is 348 g/mol. The van der Waals surface area contributed by atoms with E-state index < -0.39 is 0 Å². The van der Waals surface area contributed by atoms with Gasteiger partial charge in [-0.3, -0.25) is 9.59 Å². The summed E-state index contributed by atoms with van der Waals surface area (Å²) in [5.41, 5.74) is 0. The second-order valence-electron chi connectivity index (χ2n) is 3.68. The van der Waals surface area contributed by atoms with Gasteiger partial charge in [0, 0.05) is 24.1 Å². The van der Waals surface area contributed by atoms with E-state index in [0.29, 0.717) is 36.9 Å². The Hall–Kier alpha value is 0.0400. The predicted molar refractivity (Wildman–Crippen MR) is 79.2 cm³/mol. The van der Waals surface area contributed by atoms with E-state index in [2.05, 4.69) is 0 Å². The van der Waals surface area contributed by atoms with E-state index in [9.17, 15) is 9.59 Å². The van der Waals surface area contributed by atoms with Crippen LogP contribution >= 0.6 is 46.4 Å². The van der Waals surface area contributed by atoms with Gasteiger partial charge in [0.2, 0.25) is 5.24 Å². The van der Waals surface area contributed by atoms with Crippen molar-refractivity contribution < 1.29 is 14.3 Å². The van der Waals surface area contributed by atoms with E-state index in [1.54, 1.807) is 0 Å². The summed E-state index contributed by atoms with van der Waals surface area (Å²) in [7, 11) is 0. The number of ether oxygens (including phenoxy) is 1. The Morgan fingerprint density at radius 1 is 1.21 bits per heavy atom. The van der Waals surface area contributed by atoms with Crippen LogP contribution in [0.3, 0.4) is 0 Å². The van der Waals surface area contributed by atoms with Crippen molar-refractivity contribution in [1.29, 1.82) is 0 Å². The average molecular weight is 350 g/mol. The second-order valence-corrected chi connectivity index (χ2v) is 5.24. The average Bonchev–Trinajstić information content (AvgIpc) is 2.39. The Morgan fingerprint density at radius 2 is 1.89 bits per heavy atom. The summed E-state index contributed by atoms with van der Waals surface area (Å²) in [4.78, 5) is 20.7. The van der Waals surface area contributed by atoms with Crippen LogP contribution in [0, 0.1) is 5.92 Å². The third kappa shape index (κ3) is 8.74. The number of hydrogen-bond acceptors (Lipinski definition) is 3. The van der Waals surface area contributed by atoms with Gasteiger partial charge in [-0.15, -0.1) is 34.8 Å². The zero-order chi connectivity index (χ0) is 14.7. The number of allylic oxidation sites excluding steroid dienone is 1. The molecule has 19 heavy (non-hydrogen) atoms. The number of halogens is 4. The molecule has 3 nitrogen and oxygen atoms in total. The van der Waals surface area contributed by atoms with Crippen molar-refractivity contribution in [2.75, 3.05) is 17.6 Å². The van der Waals surface area contributed by atoms with E-state index >= 15 is 0 Å². The molecule has 0 saturated carbocycles. The summed E-state index contributed by atoms with van der Waals surface area (Å²) >= 11 is 21.2. The third-order valence-corrected chi connectivity index (χ3v) is 3.10. The lowest BCUT2D eigenvalue weighted by atomic mass is 9.99. The quantitative estimate of drug-likeness (QED) is 0.395. The van der Waals surface area contributed by atoms with Crippen molar-refractivity contribution in [3.63, 3.8) is 0 Å². The number of carbonyl (C=O) groups excluding carboxylic acids is 2. The normalized spacial score (nSPS) is 19.3. The molecule has 0 aromatic rings. The van der Waals surface area contributed by atoms with E-state index in [1.165, 1.54) is 0 Å². The van der Waals surface area contributed by atoms with E-state index in [0.717, 1.165) is 12.2 Å². The molecule has 1 saturated heterocycles. The summed E-state index contributed by atoms with van der Waals surface area (Å²) in [5, 5.41) is -0.305. The van der Waals surface area contributed by atoms with Gasteiger partial charge in [-0.05, 0) is 36.9 Å². The van der Waals surface area contributed by atoms with Crippen molar-refractivity contribution in [2.45, 2.75) is 25.7 Å². The van der Waals surface area contributed by atoms with Gasteiger partial charge in [-0.1, -0.05) is 0 Å². The third-order valence-electron chi connectivity index (χ3n) is 2.21. The van der Waals surface area contributed by atoms with Crippen LogP contribution in [0.2, 0.25) is 0 Å². The molecular formula is C12H16Cl4O3. The van der Waals surface area contributed by atoms with Crippen molar-refractivity contribution in [2.24, 2.45) is 5.92 Å². The highest BCUT2D eigenvalue weighted by Crippen LogP contribution is 2.30. The summed E-state index contributed by atoms with van der Waals surface area (Å²) < 4.78 is 4.81. The molecule has 0 bridgehead atoms. The van der Waals surface area contributed by atoms with Crippen molar-refractivity contribution in [3.05, 3.63) is 11.8 Å². The largest absolute Gasteiger partial charge is 0.430 e. The molecule has 1 atom stereocenters. The van der Waals surface area contributed by atoms with Gasteiger partial charge in [0.05, 0.1) is 0 Å². The lowest BCUT2D eigenvalue weighted by Gasteiger charge is -2.27. The topological polar surface area (TPSA) is 43.4 Å². The first-order valence-electron chi connectivity index (χ1n) is 5.84. The molecule has 0 N–H and O–H groups in total. The fourth-order valence-electron chi connectivity index (χ4n) is 1.27. The molecule has 1 heterocycles. The first kappa shape index (κ1) is 19.0. The van der Waals surface area contributed by atoms with Gasteiger partial charge in [-0.2, -0.15) is 0 Å². The molecule has 0 aromatic heterocycles. The van der Waals surface area contributed by atoms with Crippen molar-refractivity contribution in [1.82, 2.24) is 0 Å². The fourth-order valence-corrected chi connectivity index (χ4v) is 1.87. The van der Waals surface area contributed by atoms with E-state index in [4.69, 9.17) is 51.1 Å². The SMILES string of the molecule is O=C(Cl)CCCCl.O=C1O/C(=C\CCCl)C1CCCl. The maximum atomic E-state index is 10.8. The van der Waals surface area contributed by atoms with Gasteiger partial charge in [0.1, 0.15) is 11.7 Å². The van der Waals surface area contributed by atoms with Gasteiger partial charge in [0.25, 0.3) is 0 Å². The number of hydrogen-bond donors (Lipinski definition) is 0. The smallest absolute Gasteiger partial charge is 0.321 e. The van der Waals surface area contributed by atoms with Gasteiger partial charge in [-0.25, -0.2) is 0 Å². The standard InChI is InChI=1S/C8H10Cl2O2.C4H6Cl2O/c9-4-1-2-7-6(3-5-10)8(11)12-7;5-3-1-2-4(6)7/h2,6H,1,3-5H2;1-3H2/b7-2-;. The van der Waals surface area contributed by atoms with E-state index in [1.807, 2.05) is 6.08 Å². The van der Waals surface area contributed by atoms with Crippen molar-refractivity contribution in [3.8, 4) is 0 Å². The Bertz CT molecular complexity index is 318. The van der Waals surface area contributed by atoms with Crippen LogP contribution in [0.15, 0.2) is 11.8 Å². The maximum absolute atomic E-state index is 10.8. The zero-order valence-electron chi connectivity index (χ0n) is 10.3. The van der Waals surface area contributed by atoms with Crippen LogP contribution in [0.4, 0.5) is 0 Å². The molecule has 0 amide bonds. The minimum absolute atomic E-state index is 0.106. The highest BCUT2D eigenvalue weighted by atomic mass is 35.5. The highest BCUT2D eigenvalue weighted by Gasteiger charge is 2.36. The summed E-state index contributed by atoms with van der Waals surface area (Å²) in [6.45, 7) is 0. The van der Waals surface area contributed by atoms with Crippen LogP contribution in [0.25, 0.3) is 0 Å². The highest BCUT2D eigenvalue weighted by molar-refractivity contribution is 6.63. The Morgan fingerprint density at radius 3 is 2.26 bits per heavy atom. The molecule has 1 aliphatic rings. The minimum Gasteiger partial charge on any atom is -0.430 e. The first-order valence-corrected chi connectivity index (χ1v) is 7.82. The molecule has 0 spiro atoms. The van der Waals surface area contributed by atoms with Gasteiger partial charge in [0.15, 0.2) is 0 Å². The van der Waals surface area contributed by atoms with Crippen LogP contribution < -0.4 is 0 Å². The molecule has 7 heteroatoms. The van der Waals surface area contributed by atoms with Crippen LogP contribution in [0.5, 0.6) is 0 Å². The molecule has 1 aliphatic heterocycles. The molecule has 1 rings (SSSR count). The lowest BCUT2D eigenvalue weighted by Crippen LogP contribution is -2.32. The molecule has 0 aliphatic carbocycles. The molecule has 1 unspecified atom stereocenters. The van der Waals surface area contributed by atoms with Crippen LogP contribution in [-0.4, -0.2) is 28.9 Å². The Labute approximate surface area is 133 Å². The maximum Gasteiger partial charge on any atom is 0.321 e. The molecular weight excluding hydrogens is 334 g/mol. The Balaban J connectivity index is 0.000000399. The van der Waals surface area contributed by atoms with Crippen LogP contribution in [0.1, 0.15) is 25.7 Å². The number of rotatable bonds is 7. The fraction of sp³-hybridized carbons (Fsp3) is 0.667. The molecule has 0 aromatic carbocycles. The summed E-state index contributed by atoms with van der Waals surface area (Å²) in [5.74, 6) is 2.01. The summed E-state index contributed by atoms with van der Waals surface area (Å²) in [6.07, 6.45) is 4.33. The number of alkyl halides is 3. The van der Waals surface area contributed by atoms with Gasteiger partial charge < -0.3 is 4.74 Å². The van der Waals surface area contributed by atoms with Crippen molar-refractivity contribution >= 4 is 57.6 Å². The van der Waals surface area contributed by atoms with E-state index in [-0.39, 0.29) is 17.1 Å². The Kier molecular flexibility index (Phi) is 11.9. The predicted octanol–water partition coefficient (Wildman–Crippen LogP) is 4.07. The zero-order valence-corrected chi connectivity index (χ0v) is 13.4. The lowest BCUT2D eigenvalue weighted by molar-refractivity contribution is -0.157. The number of carbonyl (C=O) groups is 2. The second kappa shape index (κ2) is 11.8. The van der Waals surface area contributed by atoms with Gasteiger partial charge >= 0.3 is 5.97 Å². The molecule has 110 valence electrons. The van der Waals surface area contributed by atoms with Crippen LogP contribution in [-0.2, 0) is 14.3 Å². The first-order chi connectivity index (χ1) is 9.06. The molecule has 1 fully saturated rings. The molecule has 0 radical (unpaired) electrons.